The summed E-state index contributed by atoms with van der Waals surface area (Å²) in [6.45, 7) is 5.28. The number of ether oxygens (including phenoxy) is 1. The highest BCUT2D eigenvalue weighted by atomic mass is 19.4. The summed E-state index contributed by atoms with van der Waals surface area (Å²) in [4.78, 5) is 13.3. The van der Waals surface area contributed by atoms with Gasteiger partial charge in [0.1, 0.15) is 11.6 Å². The van der Waals surface area contributed by atoms with Crippen molar-refractivity contribution < 1.29 is 22.7 Å². The van der Waals surface area contributed by atoms with Crippen LogP contribution in [0, 0.1) is 11.3 Å². The topological polar surface area (TPSA) is 65.4 Å². The highest BCUT2D eigenvalue weighted by Gasteiger charge is 2.46. The summed E-state index contributed by atoms with van der Waals surface area (Å²) < 4.78 is 45.5. The minimum absolute atomic E-state index is 0.0478. The molecular formula is C19H24F3N3O2. The molecule has 8 heteroatoms. The van der Waals surface area contributed by atoms with E-state index < -0.39 is 30.0 Å². The van der Waals surface area contributed by atoms with Crippen molar-refractivity contribution in [3.05, 3.63) is 35.4 Å². The predicted molar refractivity (Wildman–Crippen MR) is 93.8 cm³/mol. The van der Waals surface area contributed by atoms with Gasteiger partial charge in [0, 0.05) is 19.1 Å². The lowest BCUT2D eigenvalue weighted by molar-refractivity contribution is -0.194. The van der Waals surface area contributed by atoms with Gasteiger partial charge in [0.15, 0.2) is 0 Å². The maximum Gasteiger partial charge on any atom is 0.407 e. The van der Waals surface area contributed by atoms with E-state index in [0.29, 0.717) is 11.1 Å². The standard InChI is InChI=1S/C19H24F3N3O2/c1-18(2,3)27-17(26)24-15-7-8-16(19(20,21)22)25(12-15)11-14-6-4-5-13(9-14)10-23/h4-6,9,15-16H,7-8,11-12H2,1-3H3,(H,24,26)/t15-,16-/m1/s1. The number of piperidine rings is 1. The number of carbonyl (C=O) groups excluding carboxylic acids is 1. The number of hydrogen-bond donors (Lipinski definition) is 1. The fourth-order valence-corrected chi connectivity index (χ4v) is 3.15. The third-order valence-electron chi connectivity index (χ3n) is 4.22. The van der Waals surface area contributed by atoms with Gasteiger partial charge in [0.05, 0.1) is 11.6 Å². The molecule has 0 aromatic heterocycles. The van der Waals surface area contributed by atoms with E-state index in [1.54, 1.807) is 45.0 Å². The summed E-state index contributed by atoms with van der Waals surface area (Å²) in [5.41, 5.74) is 0.350. The number of carbonyl (C=O) groups is 1. The number of alkyl halides is 3. The Kier molecular flexibility index (Phi) is 6.37. The van der Waals surface area contributed by atoms with Gasteiger partial charge in [0.25, 0.3) is 0 Å². The van der Waals surface area contributed by atoms with Crippen LogP contribution in [0.5, 0.6) is 0 Å². The van der Waals surface area contributed by atoms with Gasteiger partial charge in [-0.3, -0.25) is 4.90 Å². The highest BCUT2D eigenvalue weighted by Crippen LogP contribution is 2.33. The number of nitriles is 1. The summed E-state index contributed by atoms with van der Waals surface area (Å²) in [6.07, 6.45) is -4.88. The lowest BCUT2D eigenvalue weighted by atomic mass is 9.96. The van der Waals surface area contributed by atoms with Gasteiger partial charge in [-0.2, -0.15) is 18.4 Å². The monoisotopic (exact) mass is 383 g/mol. The first kappa shape index (κ1) is 21.0. The summed E-state index contributed by atoms with van der Waals surface area (Å²) in [7, 11) is 0. The number of likely N-dealkylation sites (tertiary alicyclic amines) is 1. The number of hydrogen-bond acceptors (Lipinski definition) is 4. The molecule has 2 rings (SSSR count). The quantitative estimate of drug-likeness (QED) is 0.858. The van der Waals surface area contributed by atoms with Gasteiger partial charge in [0.2, 0.25) is 0 Å². The number of benzene rings is 1. The molecule has 1 saturated heterocycles. The van der Waals surface area contributed by atoms with Crippen molar-refractivity contribution in [1.29, 1.82) is 5.26 Å². The van der Waals surface area contributed by atoms with Crippen molar-refractivity contribution >= 4 is 6.09 Å². The Balaban J connectivity index is 2.11. The smallest absolute Gasteiger partial charge is 0.407 e. The van der Waals surface area contributed by atoms with Crippen LogP contribution in [0.25, 0.3) is 0 Å². The molecule has 1 amide bonds. The largest absolute Gasteiger partial charge is 0.444 e. The van der Waals surface area contributed by atoms with Crippen LogP contribution in [-0.2, 0) is 11.3 Å². The van der Waals surface area contributed by atoms with Gasteiger partial charge in [-0.25, -0.2) is 4.79 Å². The first-order valence-corrected chi connectivity index (χ1v) is 8.77. The molecule has 1 heterocycles. The fraction of sp³-hybridized carbons (Fsp3) is 0.579. The van der Waals surface area contributed by atoms with E-state index in [2.05, 4.69) is 5.32 Å². The zero-order valence-corrected chi connectivity index (χ0v) is 15.6. The third-order valence-corrected chi connectivity index (χ3v) is 4.22. The van der Waals surface area contributed by atoms with Crippen molar-refractivity contribution in [2.45, 2.75) is 64.0 Å². The van der Waals surface area contributed by atoms with Crippen LogP contribution in [0.2, 0.25) is 0 Å². The van der Waals surface area contributed by atoms with Gasteiger partial charge in [-0.05, 0) is 51.3 Å². The third kappa shape index (κ3) is 6.43. The minimum Gasteiger partial charge on any atom is -0.444 e. The number of alkyl carbamates (subject to hydrolysis) is 1. The first-order chi connectivity index (χ1) is 12.5. The van der Waals surface area contributed by atoms with Crippen molar-refractivity contribution in [2.24, 2.45) is 0 Å². The number of nitrogens with one attached hydrogen (secondary N) is 1. The summed E-state index contributed by atoms with van der Waals surface area (Å²) >= 11 is 0. The average Bonchev–Trinajstić information content (AvgIpc) is 2.52. The van der Waals surface area contributed by atoms with Crippen LogP contribution in [0.15, 0.2) is 24.3 Å². The molecule has 2 atom stereocenters. The molecule has 148 valence electrons. The summed E-state index contributed by atoms with van der Waals surface area (Å²) in [5.74, 6) is 0. The maximum absolute atomic E-state index is 13.4. The molecule has 5 nitrogen and oxygen atoms in total. The number of rotatable bonds is 3. The first-order valence-electron chi connectivity index (χ1n) is 8.77. The van der Waals surface area contributed by atoms with Crippen LogP contribution in [-0.4, -0.2) is 41.4 Å². The maximum atomic E-state index is 13.4. The molecule has 27 heavy (non-hydrogen) atoms. The molecule has 0 aliphatic carbocycles. The molecule has 0 radical (unpaired) electrons. The molecule has 0 bridgehead atoms. The Morgan fingerprint density at radius 1 is 1.33 bits per heavy atom. The second kappa shape index (κ2) is 8.17. The van der Waals surface area contributed by atoms with E-state index >= 15 is 0 Å². The Labute approximate surface area is 157 Å². The molecule has 0 spiro atoms. The van der Waals surface area contributed by atoms with Crippen molar-refractivity contribution in [1.82, 2.24) is 10.2 Å². The zero-order valence-electron chi connectivity index (χ0n) is 15.6. The Bertz CT molecular complexity index is 707. The van der Waals surface area contributed by atoms with E-state index in [9.17, 15) is 18.0 Å². The van der Waals surface area contributed by atoms with Gasteiger partial charge in [-0.15, -0.1) is 0 Å². The molecule has 1 aromatic carbocycles. The minimum atomic E-state index is -4.36. The number of nitrogens with zero attached hydrogens (tertiary/aromatic N) is 2. The average molecular weight is 383 g/mol. The Morgan fingerprint density at radius 3 is 2.63 bits per heavy atom. The molecule has 0 unspecified atom stereocenters. The van der Waals surface area contributed by atoms with Crippen molar-refractivity contribution in [2.75, 3.05) is 6.54 Å². The van der Waals surface area contributed by atoms with Gasteiger partial charge in [-0.1, -0.05) is 12.1 Å². The van der Waals surface area contributed by atoms with Gasteiger partial charge < -0.3 is 10.1 Å². The lowest BCUT2D eigenvalue weighted by Gasteiger charge is -2.40. The van der Waals surface area contributed by atoms with E-state index in [1.165, 1.54) is 4.90 Å². The van der Waals surface area contributed by atoms with Gasteiger partial charge >= 0.3 is 12.3 Å². The molecular weight excluding hydrogens is 359 g/mol. The summed E-state index contributed by atoms with van der Waals surface area (Å²) in [5, 5.41) is 11.6. The van der Waals surface area contributed by atoms with Crippen LogP contribution >= 0.6 is 0 Å². The molecule has 0 saturated carbocycles. The normalized spacial score (nSPS) is 21.4. The molecule has 1 aliphatic rings. The van der Waals surface area contributed by atoms with E-state index in [4.69, 9.17) is 10.00 Å². The van der Waals surface area contributed by atoms with E-state index in [0.717, 1.165) is 0 Å². The van der Waals surface area contributed by atoms with E-state index in [1.807, 2.05) is 6.07 Å². The molecule has 1 N–H and O–H groups in total. The second-order valence-corrected chi connectivity index (χ2v) is 7.72. The van der Waals surface area contributed by atoms with Crippen LogP contribution in [0.1, 0.15) is 44.7 Å². The Morgan fingerprint density at radius 2 is 2.04 bits per heavy atom. The predicted octanol–water partition coefficient (Wildman–Crippen LogP) is 3.98. The molecule has 1 aromatic rings. The SMILES string of the molecule is CC(C)(C)OC(=O)N[C@@H]1CC[C@H](C(F)(F)F)N(Cc2cccc(C#N)c2)C1. The second-order valence-electron chi connectivity index (χ2n) is 7.72. The summed E-state index contributed by atoms with van der Waals surface area (Å²) in [6, 6.07) is 6.50. The highest BCUT2D eigenvalue weighted by molar-refractivity contribution is 5.68. The Hall–Kier alpha value is -2.27. The lowest BCUT2D eigenvalue weighted by Crippen LogP contribution is -2.56. The zero-order chi connectivity index (χ0) is 20.2. The molecule has 1 aliphatic heterocycles. The van der Waals surface area contributed by atoms with Crippen LogP contribution < -0.4 is 5.32 Å². The fourth-order valence-electron chi connectivity index (χ4n) is 3.15. The number of amides is 1. The van der Waals surface area contributed by atoms with Crippen LogP contribution in [0.3, 0.4) is 0 Å². The van der Waals surface area contributed by atoms with Crippen molar-refractivity contribution in [3.8, 4) is 6.07 Å². The van der Waals surface area contributed by atoms with Crippen molar-refractivity contribution in [3.63, 3.8) is 0 Å². The molecule has 1 fully saturated rings. The number of halogens is 3. The van der Waals surface area contributed by atoms with E-state index in [-0.39, 0.29) is 25.9 Å². The van der Waals surface area contributed by atoms with Crippen LogP contribution in [0.4, 0.5) is 18.0 Å².